The van der Waals surface area contributed by atoms with Gasteiger partial charge in [0.05, 0.1) is 24.5 Å². The summed E-state index contributed by atoms with van der Waals surface area (Å²) in [5.41, 5.74) is 3.69. The highest BCUT2D eigenvalue weighted by Crippen LogP contribution is 2.31. The Labute approximate surface area is 280 Å². The zero-order valence-corrected chi connectivity index (χ0v) is 27.0. The molecule has 2 aliphatic rings. The predicted molar refractivity (Wildman–Crippen MR) is 180 cm³/mol. The highest BCUT2D eigenvalue weighted by molar-refractivity contribution is 6.29. The molecule has 0 spiro atoms. The Morgan fingerprint density at radius 1 is 0.979 bits per heavy atom. The van der Waals surface area contributed by atoms with Crippen LogP contribution in [0.15, 0.2) is 73.2 Å². The van der Waals surface area contributed by atoms with E-state index in [9.17, 15) is 14.0 Å². The minimum atomic E-state index is -1.09. The number of halogens is 2. The molecule has 0 aliphatic carbocycles. The molecule has 2 saturated heterocycles. The van der Waals surface area contributed by atoms with Crippen LogP contribution in [-0.2, 0) is 14.3 Å². The Kier molecular flexibility index (Phi) is 8.73. The largest absolute Gasteiger partial charge is 0.368 e. The molecule has 2 fully saturated rings. The summed E-state index contributed by atoms with van der Waals surface area (Å²) in [5.74, 6) is -0.242. The third-order valence-electron chi connectivity index (χ3n) is 9.04. The number of aromatic nitrogens is 5. The standard InChI is InChI=1S/C34H33ClFN9O3/c1-48-34(33(47)40-25-4-7-28-27(17-25)31(42-41-28)23-8-10-37-29(35)16-23)9-11-43(21-34)20-30(46)45-14-12-44(13-15-45)26-5-2-22(3-6-26)32-38-18-24(36)19-39-32/h2-8,10,16-19H,9,11-15,20-21H2,1H3,(H,40,47)(H,41,42)/t34-/m0/s1. The van der Waals surface area contributed by atoms with Gasteiger partial charge in [-0.25, -0.2) is 19.3 Å². The Morgan fingerprint density at radius 2 is 1.75 bits per heavy atom. The number of amides is 2. The van der Waals surface area contributed by atoms with E-state index in [4.69, 9.17) is 16.3 Å². The molecule has 5 heterocycles. The van der Waals surface area contributed by atoms with Gasteiger partial charge in [0.2, 0.25) is 5.91 Å². The molecule has 2 aromatic carbocycles. The number of hydrogen-bond donors (Lipinski definition) is 2. The number of rotatable bonds is 8. The number of anilines is 2. The maximum atomic E-state index is 13.6. The summed E-state index contributed by atoms with van der Waals surface area (Å²) >= 11 is 6.10. The number of likely N-dealkylation sites (tertiary alicyclic amines) is 1. The summed E-state index contributed by atoms with van der Waals surface area (Å²) in [6.45, 7) is 3.65. The van der Waals surface area contributed by atoms with Gasteiger partial charge in [-0.3, -0.25) is 19.6 Å². The van der Waals surface area contributed by atoms with Gasteiger partial charge in [0, 0.05) is 80.5 Å². The number of methoxy groups -OCH3 is 1. The van der Waals surface area contributed by atoms with Gasteiger partial charge in [-0.05, 0) is 61.0 Å². The molecule has 2 amide bonds. The average Bonchev–Trinajstić information content (AvgIpc) is 3.73. The van der Waals surface area contributed by atoms with Gasteiger partial charge >= 0.3 is 0 Å². The summed E-state index contributed by atoms with van der Waals surface area (Å²) in [5, 5.41) is 11.7. The van der Waals surface area contributed by atoms with Gasteiger partial charge in [-0.15, -0.1) is 0 Å². The van der Waals surface area contributed by atoms with Gasteiger partial charge in [0.25, 0.3) is 5.91 Å². The number of H-pyrrole nitrogens is 1. The average molecular weight is 670 g/mol. The highest BCUT2D eigenvalue weighted by atomic mass is 35.5. The summed E-state index contributed by atoms with van der Waals surface area (Å²) < 4.78 is 19.0. The van der Waals surface area contributed by atoms with Crippen LogP contribution in [-0.4, -0.2) is 105 Å². The van der Waals surface area contributed by atoms with E-state index < -0.39 is 11.4 Å². The minimum absolute atomic E-state index is 0.0277. The maximum absolute atomic E-state index is 13.6. The van der Waals surface area contributed by atoms with Crippen LogP contribution in [0.3, 0.4) is 0 Å². The van der Waals surface area contributed by atoms with Crippen molar-refractivity contribution in [1.82, 2.24) is 34.9 Å². The van der Waals surface area contributed by atoms with Crippen LogP contribution in [0.2, 0.25) is 5.15 Å². The van der Waals surface area contributed by atoms with E-state index >= 15 is 0 Å². The van der Waals surface area contributed by atoms with E-state index in [1.165, 1.54) is 7.11 Å². The van der Waals surface area contributed by atoms with Crippen molar-refractivity contribution in [1.29, 1.82) is 0 Å². The van der Waals surface area contributed by atoms with Crippen molar-refractivity contribution in [2.75, 3.05) is 63.1 Å². The van der Waals surface area contributed by atoms with E-state index in [0.717, 1.165) is 40.1 Å². The van der Waals surface area contributed by atoms with Crippen LogP contribution in [0.5, 0.6) is 0 Å². The lowest BCUT2D eigenvalue weighted by molar-refractivity contribution is -0.138. The van der Waals surface area contributed by atoms with Crippen LogP contribution < -0.4 is 10.2 Å². The number of aromatic amines is 1. The SMILES string of the molecule is CO[C@@]1(C(=O)Nc2ccc3[nH]nc(-c4ccnc(Cl)c4)c3c2)CCN(CC(=O)N2CCN(c3ccc(-c4ncc(F)cn4)cc3)CC2)C1. The van der Waals surface area contributed by atoms with Crippen LogP contribution in [0.25, 0.3) is 33.5 Å². The van der Waals surface area contributed by atoms with Gasteiger partial charge in [-0.1, -0.05) is 11.6 Å². The van der Waals surface area contributed by atoms with Gasteiger partial charge < -0.3 is 19.9 Å². The number of nitrogens with zero attached hydrogens (tertiary/aromatic N) is 7. The Hall–Kier alpha value is -4.98. The smallest absolute Gasteiger partial charge is 0.258 e. The van der Waals surface area contributed by atoms with Gasteiger partial charge in [0.15, 0.2) is 17.2 Å². The zero-order valence-electron chi connectivity index (χ0n) is 26.2. The second kappa shape index (κ2) is 13.3. The molecule has 7 rings (SSSR count). The molecule has 0 unspecified atom stereocenters. The normalized spacial score (nSPS) is 18.4. The molecule has 3 aromatic heterocycles. The summed E-state index contributed by atoms with van der Waals surface area (Å²) in [4.78, 5) is 45.1. The molecule has 246 valence electrons. The highest BCUT2D eigenvalue weighted by Gasteiger charge is 2.45. The fraction of sp³-hybridized carbons (Fsp3) is 0.294. The second-order valence-corrected chi connectivity index (χ2v) is 12.3. The number of ether oxygens (including phenoxy) is 1. The number of piperazine rings is 1. The van der Waals surface area contributed by atoms with Crippen molar-refractivity contribution in [2.24, 2.45) is 0 Å². The minimum Gasteiger partial charge on any atom is -0.368 e. The molecular formula is C34H33ClFN9O3. The molecule has 1 atom stereocenters. The van der Waals surface area contributed by atoms with Crippen molar-refractivity contribution in [2.45, 2.75) is 12.0 Å². The summed E-state index contributed by atoms with van der Waals surface area (Å²) in [7, 11) is 1.54. The Morgan fingerprint density at radius 3 is 2.48 bits per heavy atom. The number of carbonyl (C=O) groups excluding carboxylic acids is 2. The molecule has 0 radical (unpaired) electrons. The predicted octanol–water partition coefficient (Wildman–Crippen LogP) is 4.25. The first-order valence-electron chi connectivity index (χ1n) is 15.6. The zero-order chi connectivity index (χ0) is 33.3. The fourth-order valence-electron chi connectivity index (χ4n) is 6.33. The molecular weight excluding hydrogens is 637 g/mol. The van der Waals surface area contributed by atoms with Crippen molar-refractivity contribution in [3.05, 3.63) is 84.2 Å². The quantitative estimate of drug-likeness (QED) is 0.233. The maximum Gasteiger partial charge on any atom is 0.258 e. The Bertz CT molecular complexity index is 1950. The first kappa shape index (κ1) is 31.6. The number of benzene rings is 2. The molecule has 0 bridgehead atoms. The summed E-state index contributed by atoms with van der Waals surface area (Å²) in [6.07, 6.45) is 4.39. The van der Waals surface area contributed by atoms with Gasteiger partial charge in [-0.2, -0.15) is 5.10 Å². The number of fused-ring (bicyclic) bond motifs is 1. The van der Waals surface area contributed by atoms with Crippen molar-refractivity contribution in [3.63, 3.8) is 0 Å². The van der Waals surface area contributed by atoms with E-state index in [1.54, 1.807) is 12.3 Å². The molecule has 12 nitrogen and oxygen atoms in total. The molecule has 48 heavy (non-hydrogen) atoms. The fourth-order valence-corrected chi connectivity index (χ4v) is 6.51. The monoisotopic (exact) mass is 669 g/mol. The molecule has 0 saturated carbocycles. The number of nitrogens with one attached hydrogen (secondary N) is 2. The van der Waals surface area contributed by atoms with E-state index in [-0.39, 0.29) is 18.4 Å². The van der Waals surface area contributed by atoms with E-state index in [1.807, 2.05) is 58.3 Å². The van der Waals surface area contributed by atoms with Crippen LogP contribution in [0, 0.1) is 5.82 Å². The van der Waals surface area contributed by atoms with Gasteiger partial charge in [0.1, 0.15) is 10.8 Å². The van der Waals surface area contributed by atoms with Crippen LogP contribution in [0.4, 0.5) is 15.8 Å². The third-order valence-corrected chi connectivity index (χ3v) is 9.25. The van der Waals surface area contributed by atoms with E-state index in [2.05, 4.69) is 35.4 Å². The Balaban J connectivity index is 0.936. The number of carbonyl (C=O) groups is 2. The lowest BCUT2D eigenvalue weighted by Gasteiger charge is -2.37. The third kappa shape index (κ3) is 6.44. The summed E-state index contributed by atoms with van der Waals surface area (Å²) in [6, 6.07) is 16.9. The lowest BCUT2D eigenvalue weighted by Crippen LogP contribution is -2.52. The number of pyridine rings is 1. The molecule has 2 N–H and O–H groups in total. The van der Waals surface area contributed by atoms with Crippen molar-refractivity contribution < 1.29 is 18.7 Å². The van der Waals surface area contributed by atoms with Crippen molar-refractivity contribution >= 4 is 45.7 Å². The molecule has 14 heteroatoms. The first-order chi connectivity index (χ1) is 23.3. The van der Waals surface area contributed by atoms with Crippen LogP contribution in [0.1, 0.15) is 6.42 Å². The lowest BCUT2D eigenvalue weighted by atomic mass is 10.0. The first-order valence-corrected chi connectivity index (χ1v) is 16.0. The second-order valence-electron chi connectivity index (χ2n) is 12.0. The van der Waals surface area contributed by atoms with Crippen molar-refractivity contribution in [3.8, 4) is 22.6 Å². The topological polar surface area (TPSA) is 132 Å². The van der Waals surface area contributed by atoms with E-state index in [0.29, 0.717) is 68.0 Å². The van der Waals surface area contributed by atoms with Crippen LogP contribution >= 0.6 is 11.6 Å². The number of hydrogen-bond acceptors (Lipinski definition) is 9. The molecule has 5 aromatic rings. The molecule has 2 aliphatic heterocycles.